The summed E-state index contributed by atoms with van der Waals surface area (Å²) in [5, 5.41) is 17.7. The van der Waals surface area contributed by atoms with Gasteiger partial charge in [-0.25, -0.2) is 0 Å². The number of aliphatic hydroxyl groups excluding tert-OH is 1. The number of carboxylic acid groups (broad SMARTS) is 1. The van der Waals surface area contributed by atoms with Crippen LogP contribution < -0.4 is 0 Å². The molecule has 0 aromatic heterocycles. The van der Waals surface area contributed by atoms with E-state index in [0.717, 1.165) is 25.9 Å². The van der Waals surface area contributed by atoms with Gasteiger partial charge in [0.05, 0.1) is 6.10 Å². The average molecular weight is 201 g/mol. The molecule has 1 aliphatic heterocycles. The van der Waals surface area contributed by atoms with Gasteiger partial charge in [-0.15, -0.1) is 0 Å². The van der Waals surface area contributed by atoms with Crippen LogP contribution in [0.1, 0.15) is 26.2 Å². The van der Waals surface area contributed by atoms with Crippen LogP contribution in [0.2, 0.25) is 0 Å². The van der Waals surface area contributed by atoms with E-state index in [1.807, 2.05) is 0 Å². The first-order valence-corrected chi connectivity index (χ1v) is 5.20. The highest BCUT2D eigenvalue weighted by Crippen LogP contribution is 2.20. The molecule has 4 heteroatoms. The number of hydrogen-bond acceptors (Lipinski definition) is 3. The van der Waals surface area contributed by atoms with Crippen molar-refractivity contribution < 1.29 is 15.0 Å². The van der Waals surface area contributed by atoms with Crippen LogP contribution in [0.3, 0.4) is 0 Å². The third kappa shape index (κ3) is 4.07. The molecule has 2 atom stereocenters. The van der Waals surface area contributed by atoms with Crippen LogP contribution in [0.4, 0.5) is 0 Å². The average Bonchev–Trinajstić information content (AvgIpc) is 2.47. The quantitative estimate of drug-likeness (QED) is 0.682. The topological polar surface area (TPSA) is 60.8 Å². The summed E-state index contributed by atoms with van der Waals surface area (Å²) in [6.07, 6.45) is 1.83. The van der Waals surface area contributed by atoms with Crippen molar-refractivity contribution in [1.82, 2.24) is 4.90 Å². The van der Waals surface area contributed by atoms with Crippen LogP contribution in [-0.4, -0.2) is 46.8 Å². The minimum atomic E-state index is -0.709. The minimum absolute atomic E-state index is 0.271. The molecule has 0 amide bonds. The first-order chi connectivity index (χ1) is 6.58. The molecule has 82 valence electrons. The summed E-state index contributed by atoms with van der Waals surface area (Å²) in [5.74, 6) is -0.205. The van der Waals surface area contributed by atoms with E-state index in [4.69, 9.17) is 5.11 Å². The van der Waals surface area contributed by atoms with Gasteiger partial charge in [0.15, 0.2) is 0 Å². The largest absolute Gasteiger partial charge is 0.481 e. The van der Waals surface area contributed by atoms with Crippen LogP contribution in [0.15, 0.2) is 0 Å². The van der Waals surface area contributed by atoms with Crippen LogP contribution >= 0.6 is 0 Å². The standard InChI is InChI=1S/C10H19NO3/c1-8(12)6-11-5-4-9(7-11)2-3-10(13)14/h8-9,12H,2-7H2,1H3,(H,13,14). The zero-order valence-corrected chi connectivity index (χ0v) is 8.65. The lowest BCUT2D eigenvalue weighted by Gasteiger charge is -2.17. The molecule has 4 nitrogen and oxygen atoms in total. The van der Waals surface area contributed by atoms with Crippen LogP contribution in [-0.2, 0) is 4.79 Å². The van der Waals surface area contributed by atoms with E-state index in [9.17, 15) is 9.90 Å². The zero-order chi connectivity index (χ0) is 10.6. The summed E-state index contributed by atoms with van der Waals surface area (Å²) in [6.45, 7) is 4.43. The van der Waals surface area contributed by atoms with Crippen LogP contribution in [0.25, 0.3) is 0 Å². The summed E-state index contributed by atoms with van der Waals surface area (Å²) < 4.78 is 0. The van der Waals surface area contributed by atoms with Crippen molar-refractivity contribution >= 4 is 5.97 Å². The summed E-state index contributed by atoms with van der Waals surface area (Å²) in [6, 6.07) is 0. The van der Waals surface area contributed by atoms with E-state index in [2.05, 4.69) is 4.90 Å². The van der Waals surface area contributed by atoms with Crippen molar-refractivity contribution in [3.63, 3.8) is 0 Å². The first-order valence-electron chi connectivity index (χ1n) is 5.20. The van der Waals surface area contributed by atoms with E-state index in [-0.39, 0.29) is 12.5 Å². The molecule has 1 saturated heterocycles. The molecule has 0 spiro atoms. The lowest BCUT2D eigenvalue weighted by atomic mass is 10.0. The van der Waals surface area contributed by atoms with Gasteiger partial charge in [0.1, 0.15) is 0 Å². The molecule has 14 heavy (non-hydrogen) atoms. The number of nitrogens with zero attached hydrogens (tertiary/aromatic N) is 1. The summed E-state index contributed by atoms with van der Waals surface area (Å²) in [4.78, 5) is 12.6. The van der Waals surface area contributed by atoms with Gasteiger partial charge in [0.2, 0.25) is 0 Å². The van der Waals surface area contributed by atoms with Crippen molar-refractivity contribution in [1.29, 1.82) is 0 Å². The highest BCUT2D eigenvalue weighted by atomic mass is 16.4. The van der Waals surface area contributed by atoms with Crippen molar-refractivity contribution in [2.75, 3.05) is 19.6 Å². The van der Waals surface area contributed by atoms with Gasteiger partial charge in [-0.05, 0) is 32.2 Å². The Morgan fingerprint density at radius 3 is 2.93 bits per heavy atom. The fraction of sp³-hybridized carbons (Fsp3) is 0.900. The highest BCUT2D eigenvalue weighted by molar-refractivity contribution is 5.66. The third-order valence-electron chi connectivity index (χ3n) is 2.66. The maximum absolute atomic E-state index is 10.4. The zero-order valence-electron chi connectivity index (χ0n) is 8.65. The van der Waals surface area contributed by atoms with E-state index in [0.29, 0.717) is 12.5 Å². The molecule has 1 aliphatic rings. The summed E-state index contributed by atoms with van der Waals surface area (Å²) in [5.41, 5.74) is 0. The number of carboxylic acids is 1. The Kier molecular flexibility index (Phi) is 4.35. The molecule has 1 rings (SSSR count). The monoisotopic (exact) mass is 201 g/mol. The Morgan fingerprint density at radius 2 is 2.36 bits per heavy atom. The van der Waals surface area contributed by atoms with Crippen molar-refractivity contribution in [2.45, 2.75) is 32.3 Å². The lowest BCUT2D eigenvalue weighted by Crippen LogP contribution is -2.28. The lowest BCUT2D eigenvalue weighted by molar-refractivity contribution is -0.137. The smallest absolute Gasteiger partial charge is 0.303 e. The molecule has 0 radical (unpaired) electrons. The molecule has 0 aliphatic carbocycles. The molecule has 0 saturated carbocycles. The number of hydrogen-bond donors (Lipinski definition) is 2. The van der Waals surface area contributed by atoms with E-state index >= 15 is 0 Å². The number of likely N-dealkylation sites (tertiary alicyclic amines) is 1. The normalized spacial score (nSPS) is 25.1. The Bertz CT molecular complexity index is 194. The van der Waals surface area contributed by atoms with Crippen molar-refractivity contribution in [3.05, 3.63) is 0 Å². The van der Waals surface area contributed by atoms with Crippen molar-refractivity contribution in [2.24, 2.45) is 5.92 Å². The highest BCUT2D eigenvalue weighted by Gasteiger charge is 2.23. The van der Waals surface area contributed by atoms with Crippen LogP contribution in [0, 0.1) is 5.92 Å². The SMILES string of the molecule is CC(O)CN1CCC(CCC(=O)O)C1. The maximum atomic E-state index is 10.4. The molecular formula is C10H19NO3. The molecule has 0 bridgehead atoms. The molecule has 0 aromatic rings. The molecule has 1 heterocycles. The van der Waals surface area contributed by atoms with E-state index in [1.165, 1.54) is 0 Å². The second-order valence-corrected chi connectivity index (χ2v) is 4.20. The Morgan fingerprint density at radius 1 is 1.64 bits per heavy atom. The predicted octanol–water partition coefficient (Wildman–Crippen LogP) is 0.554. The molecule has 0 aromatic carbocycles. The van der Waals surface area contributed by atoms with Gasteiger partial charge < -0.3 is 15.1 Å². The number of aliphatic hydroxyl groups is 1. The number of rotatable bonds is 5. The first kappa shape index (κ1) is 11.5. The summed E-state index contributed by atoms with van der Waals surface area (Å²) >= 11 is 0. The fourth-order valence-corrected chi connectivity index (χ4v) is 2.02. The molecule has 2 N–H and O–H groups in total. The number of β-amino-alcohol motifs (C(OH)–C–C–N with tert-alkyl or cyclic N) is 1. The number of carbonyl (C=O) groups is 1. The third-order valence-corrected chi connectivity index (χ3v) is 2.66. The van der Waals surface area contributed by atoms with Gasteiger partial charge >= 0.3 is 5.97 Å². The van der Waals surface area contributed by atoms with Gasteiger partial charge in [0, 0.05) is 19.5 Å². The molecule has 1 fully saturated rings. The molecular weight excluding hydrogens is 182 g/mol. The summed E-state index contributed by atoms with van der Waals surface area (Å²) in [7, 11) is 0. The Hall–Kier alpha value is -0.610. The second kappa shape index (κ2) is 5.32. The number of aliphatic carboxylic acids is 1. The van der Waals surface area contributed by atoms with E-state index in [1.54, 1.807) is 6.92 Å². The van der Waals surface area contributed by atoms with Gasteiger partial charge in [0.25, 0.3) is 0 Å². The minimum Gasteiger partial charge on any atom is -0.481 e. The fourth-order valence-electron chi connectivity index (χ4n) is 2.02. The predicted molar refractivity (Wildman–Crippen MR) is 53.1 cm³/mol. The van der Waals surface area contributed by atoms with Crippen LogP contribution in [0.5, 0.6) is 0 Å². The van der Waals surface area contributed by atoms with Gasteiger partial charge in [-0.2, -0.15) is 0 Å². The van der Waals surface area contributed by atoms with Crippen molar-refractivity contribution in [3.8, 4) is 0 Å². The Labute approximate surface area is 84.5 Å². The molecule has 2 unspecified atom stereocenters. The second-order valence-electron chi connectivity index (χ2n) is 4.20. The van der Waals surface area contributed by atoms with Gasteiger partial charge in [-0.3, -0.25) is 4.79 Å². The maximum Gasteiger partial charge on any atom is 0.303 e. The van der Waals surface area contributed by atoms with E-state index < -0.39 is 5.97 Å². The Balaban J connectivity index is 2.17. The van der Waals surface area contributed by atoms with Gasteiger partial charge in [-0.1, -0.05) is 0 Å².